The van der Waals surface area contributed by atoms with Crippen LogP contribution in [0.1, 0.15) is 30.0 Å². The lowest BCUT2D eigenvalue weighted by Gasteiger charge is -2.45. The molecular weight excluding hydrogens is 538 g/mol. The van der Waals surface area contributed by atoms with E-state index in [1.165, 1.54) is 28.5 Å². The first kappa shape index (κ1) is 18.0. The van der Waals surface area contributed by atoms with Crippen molar-refractivity contribution in [3.63, 3.8) is 0 Å². The quantitative estimate of drug-likeness (QED) is 0.556. The summed E-state index contributed by atoms with van der Waals surface area (Å²) in [6, 6.07) is 16.1. The number of piperazine rings is 1. The van der Waals surface area contributed by atoms with Crippen LogP contribution in [0.15, 0.2) is 42.5 Å². The van der Waals surface area contributed by atoms with Gasteiger partial charge < -0.3 is 5.11 Å². The summed E-state index contributed by atoms with van der Waals surface area (Å²) in [5.41, 5.74) is 2.45. The van der Waals surface area contributed by atoms with Crippen molar-refractivity contribution >= 4 is 45.2 Å². The molecule has 0 spiro atoms. The van der Waals surface area contributed by atoms with E-state index in [4.69, 9.17) is 0 Å². The molecule has 2 unspecified atom stereocenters. The molecule has 3 nitrogen and oxygen atoms in total. The Morgan fingerprint density at radius 2 is 1.84 bits per heavy atom. The number of halogens is 2. The Balaban J connectivity index is 1.67. The SMILES string of the molecule is Oc1c(I)cc(I)cc1CN1CCN2CCCC2C1c1ccccc1. The average Bonchev–Trinajstić information content (AvgIpc) is 3.08. The molecule has 0 aliphatic carbocycles. The van der Waals surface area contributed by atoms with Crippen molar-refractivity contribution in [1.29, 1.82) is 0 Å². The predicted molar refractivity (Wildman–Crippen MR) is 118 cm³/mol. The van der Waals surface area contributed by atoms with Crippen LogP contribution in [-0.2, 0) is 6.54 Å². The third-order valence-corrected chi connectivity index (χ3v) is 6.91. The third-order valence-electron chi connectivity index (χ3n) is 5.47. The molecule has 0 bridgehead atoms. The van der Waals surface area contributed by atoms with E-state index in [1.807, 2.05) is 6.07 Å². The second kappa shape index (κ2) is 7.70. The highest BCUT2D eigenvalue weighted by atomic mass is 127. The van der Waals surface area contributed by atoms with Gasteiger partial charge in [-0.25, -0.2) is 0 Å². The maximum absolute atomic E-state index is 10.5. The summed E-state index contributed by atoms with van der Waals surface area (Å²) in [6.07, 6.45) is 2.57. The molecule has 0 saturated carbocycles. The summed E-state index contributed by atoms with van der Waals surface area (Å²) in [4.78, 5) is 5.23. The Kier molecular flexibility index (Phi) is 5.54. The van der Waals surface area contributed by atoms with Gasteiger partial charge in [0.1, 0.15) is 5.75 Å². The number of nitrogens with zero attached hydrogens (tertiary/aromatic N) is 2. The summed E-state index contributed by atoms with van der Waals surface area (Å²) in [5, 5.41) is 10.5. The number of phenolic OH excluding ortho intramolecular Hbond substituents is 1. The summed E-state index contributed by atoms with van der Waals surface area (Å²) in [5.74, 6) is 0.446. The van der Waals surface area contributed by atoms with E-state index in [1.54, 1.807) is 0 Å². The summed E-state index contributed by atoms with van der Waals surface area (Å²) in [6.45, 7) is 4.23. The second-order valence-electron chi connectivity index (χ2n) is 6.97. The molecule has 2 aliphatic rings. The zero-order valence-electron chi connectivity index (χ0n) is 14.0. The molecule has 4 rings (SSSR count). The first-order chi connectivity index (χ1) is 12.1. The van der Waals surface area contributed by atoms with Gasteiger partial charge in [0.25, 0.3) is 0 Å². The highest BCUT2D eigenvalue weighted by Gasteiger charge is 2.39. The summed E-state index contributed by atoms with van der Waals surface area (Å²) >= 11 is 4.57. The predicted octanol–water partition coefficient (Wildman–Crippen LogP) is 4.62. The normalized spacial score (nSPS) is 24.4. The standard InChI is InChI=1S/C20H22I2N2O/c21-16-11-15(20(25)17(22)12-16)13-24-10-9-23-8-4-7-18(23)19(24)14-5-2-1-3-6-14/h1-3,5-6,11-12,18-19,25H,4,7-10,13H2. The van der Waals surface area contributed by atoms with Gasteiger partial charge in [0.15, 0.2) is 0 Å². The Bertz CT molecular complexity index is 753. The molecule has 5 heteroatoms. The number of rotatable bonds is 3. The van der Waals surface area contributed by atoms with Crippen LogP contribution in [0.3, 0.4) is 0 Å². The van der Waals surface area contributed by atoms with Crippen molar-refractivity contribution in [3.8, 4) is 5.75 Å². The highest BCUT2D eigenvalue weighted by Crippen LogP contribution is 2.39. The van der Waals surface area contributed by atoms with Crippen LogP contribution in [0.2, 0.25) is 0 Å². The molecule has 25 heavy (non-hydrogen) atoms. The molecule has 2 aromatic rings. The van der Waals surface area contributed by atoms with E-state index in [0.717, 1.165) is 28.8 Å². The van der Waals surface area contributed by atoms with Gasteiger partial charge in [-0.15, -0.1) is 0 Å². The van der Waals surface area contributed by atoms with Gasteiger partial charge in [0.2, 0.25) is 0 Å². The third kappa shape index (κ3) is 3.70. The monoisotopic (exact) mass is 560 g/mol. The van der Waals surface area contributed by atoms with Crippen molar-refractivity contribution < 1.29 is 5.11 Å². The van der Waals surface area contributed by atoms with Crippen LogP contribution >= 0.6 is 45.2 Å². The van der Waals surface area contributed by atoms with Crippen molar-refractivity contribution in [1.82, 2.24) is 9.80 Å². The van der Waals surface area contributed by atoms with Crippen LogP contribution in [0.5, 0.6) is 5.75 Å². The maximum Gasteiger partial charge on any atom is 0.133 e. The van der Waals surface area contributed by atoms with Gasteiger partial charge in [-0.05, 0) is 82.3 Å². The Hall–Kier alpha value is -0.380. The molecule has 1 N–H and O–H groups in total. The van der Waals surface area contributed by atoms with Crippen molar-refractivity contribution in [2.24, 2.45) is 0 Å². The smallest absolute Gasteiger partial charge is 0.133 e. The number of fused-ring (bicyclic) bond motifs is 1. The lowest BCUT2D eigenvalue weighted by molar-refractivity contribution is 0.0360. The largest absolute Gasteiger partial charge is 0.507 e. The van der Waals surface area contributed by atoms with Crippen molar-refractivity contribution in [2.45, 2.75) is 31.5 Å². The summed E-state index contributed by atoms with van der Waals surface area (Å²) < 4.78 is 2.13. The Morgan fingerprint density at radius 1 is 1.04 bits per heavy atom. The zero-order chi connectivity index (χ0) is 17.4. The van der Waals surface area contributed by atoms with Crippen LogP contribution < -0.4 is 0 Å². The lowest BCUT2D eigenvalue weighted by Crippen LogP contribution is -2.51. The molecule has 2 fully saturated rings. The van der Waals surface area contributed by atoms with Gasteiger partial charge in [0.05, 0.1) is 9.61 Å². The van der Waals surface area contributed by atoms with E-state index in [-0.39, 0.29) is 0 Å². The maximum atomic E-state index is 10.5. The molecular formula is C20H22I2N2O. The van der Waals surface area contributed by atoms with E-state index in [2.05, 4.69) is 91.4 Å². The number of hydrogen-bond donors (Lipinski definition) is 1. The van der Waals surface area contributed by atoms with Gasteiger partial charge >= 0.3 is 0 Å². The van der Waals surface area contributed by atoms with Gasteiger partial charge in [-0.1, -0.05) is 30.3 Å². The Morgan fingerprint density at radius 3 is 2.64 bits per heavy atom. The number of aromatic hydroxyl groups is 1. The van der Waals surface area contributed by atoms with Crippen LogP contribution in [-0.4, -0.2) is 40.6 Å². The highest BCUT2D eigenvalue weighted by molar-refractivity contribution is 14.1. The van der Waals surface area contributed by atoms with Crippen molar-refractivity contribution in [3.05, 3.63) is 60.7 Å². The van der Waals surface area contributed by atoms with E-state index in [9.17, 15) is 5.11 Å². The molecule has 2 atom stereocenters. The fraction of sp³-hybridized carbons (Fsp3) is 0.400. The van der Waals surface area contributed by atoms with E-state index < -0.39 is 0 Å². The topological polar surface area (TPSA) is 26.7 Å². The summed E-state index contributed by atoms with van der Waals surface area (Å²) in [7, 11) is 0. The van der Waals surface area contributed by atoms with Crippen LogP contribution in [0.25, 0.3) is 0 Å². The molecule has 0 aromatic heterocycles. The second-order valence-corrected chi connectivity index (χ2v) is 9.37. The van der Waals surface area contributed by atoms with Crippen LogP contribution in [0.4, 0.5) is 0 Å². The fourth-order valence-corrected chi connectivity index (χ4v) is 6.31. The lowest BCUT2D eigenvalue weighted by atomic mass is 9.93. The molecule has 0 radical (unpaired) electrons. The van der Waals surface area contributed by atoms with Gasteiger partial charge in [0, 0.05) is 34.8 Å². The van der Waals surface area contributed by atoms with Gasteiger partial charge in [-0.3, -0.25) is 9.80 Å². The minimum absolute atomic E-state index is 0.410. The first-order valence-corrected chi connectivity index (χ1v) is 11.0. The average molecular weight is 560 g/mol. The molecule has 2 heterocycles. The van der Waals surface area contributed by atoms with Crippen LogP contribution in [0, 0.1) is 7.14 Å². The van der Waals surface area contributed by atoms with E-state index >= 15 is 0 Å². The Labute approximate surface area is 176 Å². The van der Waals surface area contributed by atoms with E-state index in [0.29, 0.717) is 17.8 Å². The fourth-order valence-electron chi connectivity index (χ4n) is 4.35. The number of phenols is 1. The minimum atomic E-state index is 0.410. The molecule has 0 amide bonds. The van der Waals surface area contributed by atoms with Gasteiger partial charge in [-0.2, -0.15) is 0 Å². The molecule has 132 valence electrons. The first-order valence-electron chi connectivity index (χ1n) is 8.83. The number of hydrogen-bond acceptors (Lipinski definition) is 3. The zero-order valence-corrected chi connectivity index (χ0v) is 18.4. The minimum Gasteiger partial charge on any atom is -0.507 e. The van der Waals surface area contributed by atoms with Crippen molar-refractivity contribution in [2.75, 3.05) is 19.6 Å². The molecule has 2 aromatic carbocycles. The molecule has 2 saturated heterocycles. The number of benzene rings is 2. The molecule has 2 aliphatic heterocycles.